The van der Waals surface area contributed by atoms with Gasteiger partial charge in [0.25, 0.3) is 0 Å². The molecule has 1 unspecified atom stereocenters. The lowest BCUT2D eigenvalue weighted by molar-refractivity contribution is -0.129. The number of carbonyl (C=O) groups is 1. The standard InChI is InChI=1S/C14H16ClN3OS/c1-10-4-2-3-7-17(10)12(19)6-5-11-13(15)16-14-18(11)8-9-20-14/h5-6,8-10H,2-4,7H2,1H3. The average Bonchev–Trinajstić information content (AvgIpc) is 2.97. The lowest BCUT2D eigenvalue weighted by atomic mass is 10.0. The van der Waals surface area contributed by atoms with Crippen LogP contribution in [0, 0.1) is 0 Å². The van der Waals surface area contributed by atoms with Gasteiger partial charge in [0.05, 0.1) is 5.69 Å². The zero-order chi connectivity index (χ0) is 14.1. The van der Waals surface area contributed by atoms with Crippen molar-refractivity contribution < 1.29 is 4.79 Å². The van der Waals surface area contributed by atoms with Crippen molar-refractivity contribution >= 4 is 39.9 Å². The fraction of sp³-hybridized carbons (Fsp3) is 0.429. The molecule has 3 heterocycles. The lowest BCUT2D eigenvalue weighted by Gasteiger charge is -2.32. The van der Waals surface area contributed by atoms with Crippen LogP contribution in [0.25, 0.3) is 11.0 Å². The summed E-state index contributed by atoms with van der Waals surface area (Å²) in [6.45, 7) is 2.95. The number of amides is 1. The van der Waals surface area contributed by atoms with E-state index in [1.54, 1.807) is 12.2 Å². The zero-order valence-electron chi connectivity index (χ0n) is 11.3. The molecular weight excluding hydrogens is 294 g/mol. The first-order valence-corrected chi connectivity index (χ1v) is 8.02. The van der Waals surface area contributed by atoms with E-state index in [-0.39, 0.29) is 5.91 Å². The highest BCUT2D eigenvalue weighted by Crippen LogP contribution is 2.23. The molecular formula is C14H16ClN3OS. The van der Waals surface area contributed by atoms with Crippen molar-refractivity contribution in [3.05, 3.63) is 28.5 Å². The van der Waals surface area contributed by atoms with E-state index in [1.807, 2.05) is 20.9 Å². The van der Waals surface area contributed by atoms with Crippen molar-refractivity contribution in [2.75, 3.05) is 6.54 Å². The molecule has 0 spiro atoms. The maximum atomic E-state index is 12.3. The Morgan fingerprint density at radius 3 is 3.20 bits per heavy atom. The van der Waals surface area contributed by atoms with Gasteiger partial charge in [-0.15, -0.1) is 11.3 Å². The Morgan fingerprint density at radius 1 is 1.55 bits per heavy atom. The SMILES string of the molecule is CC1CCCCN1C(=O)C=Cc1c(Cl)nc2sccn12. The summed E-state index contributed by atoms with van der Waals surface area (Å²) in [6.07, 6.45) is 8.66. The second-order valence-corrected chi connectivity index (χ2v) is 6.28. The van der Waals surface area contributed by atoms with Crippen LogP contribution in [0.2, 0.25) is 5.15 Å². The summed E-state index contributed by atoms with van der Waals surface area (Å²) in [7, 11) is 0. The Kier molecular flexibility index (Phi) is 3.81. The van der Waals surface area contributed by atoms with Crippen LogP contribution in [0.4, 0.5) is 0 Å². The van der Waals surface area contributed by atoms with Gasteiger partial charge >= 0.3 is 0 Å². The van der Waals surface area contributed by atoms with E-state index in [2.05, 4.69) is 11.9 Å². The highest BCUT2D eigenvalue weighted by Gasteiger charge is 2.21. The van der Waals surface area contributed by atoms with Gasteiger partial charge in [0, 0.05) is 30.2 Å². The van der Waals surface area contributed by atoms with Crippen LogP contribution >= 0.6 is 22.9 Å². The summed E-state index contributed by atoms with van der Waals surface area (Å²) in [5.41, 5.74) is 0.765. The van der Waals surface area contributed by atoms with E-state index in [4.69, 9.17) is 11.6 Å². The normalized spacial score (nSPS) is 20.1. The minimum atomic E-state index is 0.0541. The Balaban J connectivity index is 1.81. The Labute approximate surface area is 126 Å². The third-order valence-corrected chi connectivity index (χ3v) is 4.76. The number of fused-ring (bicyclic) bond motifs is 1. The molecule has 0 aromatic carbocycles. The Bertz CT molecular complexity index is 660. The number of nitrogens with zero attached hydrogens (tertiary/aromatic N) is 3. The zero-order valence-corrected chi connectivity index (χ0v) is 12.8. The molecule has 106 valence electrons. The van der Waals surface area contributed by atoms with E-state index in [0.29, 0.717) is 11.2 Å². The van der Waals surface area contributed by atoms with Crippen LogP contribution in [0.3, 0.4) is 0 Å². The van der Waals surface area contributed by atoms with Crippen LogP contribution in [0.15, 0.2) is 17.7 Å². The fourth-order valence-corrected chi connectivity index (χ4v) is 3.60. The molecule has 1 fully saturated rings. The largest absolute Gasteiger partial charge is 0.336 e. The van der Waals surface area contributed by atoms with Gasteiger partial charge in [-0.05, 0) is 32.3 Å². The van der Waals surface area contributed by atoms with Gasteiger partial charge in [0.2, 0.25) is 5.91 Å². The van der Waals surface area contributed by atoms with E-state index >= 15 is 0 Å². The second kappa shape index (κ2) is 5.58. The van der Waals surface area contributed by atoms with E-state index in [1.165, 1.54) is 17.8 Å². The fourth-order valence-electron chi connectivity index (χ4n) is 2.60. The van der Waals surface area contributed by atoms with Gasteiger partial charge < -0.3 is 4.90 Å². The van der Waals surface area contributed by atoms with Gasteiger partial charge in [-0.2, -0.15) is 0 Å². The quantitative estimate of drug-likeness (QED) is 0.797. The number of hydrogen-bond acceptors (Lipinski definition) is 3. The number of likely N-dealkylation sites (tertiary alicyclic amines) is 1. The van der Waals surface area contributed by atoms with Crippen molar-refractivity contribution in [3.8, 4) is 0 Å². The lowest BCUT2D eigenvalue weighted by Crippen LogP contribution is -2.41. The van der Waals surface area contributed by atoms with Crippen LogP contribution in [-0.2, 0) is 4.79 Å². The number of carbonyl (C=O) groups excluding carboxylic acids is 1. The molecule has 1 amide bonds. The molecule has 1 aliphatic heterocycles. The molecule has 0 radical (unpaired) electrons. The summed E-state index contributed by atoms with van der Waals surface area (Å²) in [5, 5.41) is 2.39. The monoisotopic (exact) mass is 309 g/mol. The molecule has 2 aromatic heterocycles. The molecule has 0 bridgehead atoms. The molecule has 0 saturated carbocycles. The summed E-state index contributed by atoms with van der Waals surface area (Å²) in [5.74, 6) is 0.0541. The number of hydrogen-bond donors (Lipinski definition) is 0. The van der Waals surface area contributed by atoms with Gasteiger partial charge in [-0.1, -0.05) is 11.6 Å². The first-order chi connectivity index (χ1) is 9.66. The number of thiazole rings is 1. The third-order valence-electron chi connectivity index (χ3n) is 3.72. The van der Waals surface area contributed by atoms with Crippen LogP contribution in [-0.4, -0.2) is 32.8 Å². The van der Waals surface area contributed by atoms with Crippen molar-refractivity contribution in [1.82, 2.24) is 14.3 Å². The van der Waals surface area contributed by atoms with Crippen molar-refractivity contribution in [1.29, 1.82) is 0 Å². The van der Waals surface area contributed by atoms with Crippen molar-refractivity contribution in [2.45, 2.75) is 32.2 Å². The van der Waals surface area contributed by atoms with Crippen LogP contribution in [0.5, 0.6) is 0 Å². The number of halogens is 1. The maximum absolute atomic E-state index is 12.3. The number of imidazole rings is 1. The summed E-state index contributed by atoms with van der Waals surface area (Å²) >= 11 is 7.63. The third kappa shape index (κ3) is 2.47. The molecule has 6 heteroatoms. The van der Waals surface area contributed by atoms with Gasteiger partial charge in [0.1, 0.15) is 0 Å². The van der Waals surface area contributed by atoms with Gasteiger partial charge in [-0.3, -0.25) is 9.20 Å². The molecule has 3 rings (SSSR count). The summed E-state index contributed by atoms with van der Waals surface area (Å²) < 4.78 is 1.90. The van der Waals surface area contributed by atoms with Crippen LogP contribution in [0.1, 0.15) is 31.9 Å². The molecule has 0 aliphatic carbocycles. The second-order valence-electron chi connectivity index (χ2n) is 5.05. The smallest absolute Gasteiger partial charge is 0.246 e. The van der Waals surface area contributed by atoms with E-state index in [9.17, 15) is 4.79 Å². The molecule has 4 nitrogen and oxygen atoms in total. The Morgan fingerprint density at radius 2 is 2.40 bits per heavy atom. The predicted octanol–water partition coefficient (Wildman–Crippen LogP) is 3.46. The van der Waals surface area contributed by atoms with Crippen molar-refractivity contribution in [3.63, 3.8) is 0 Å². The highest BCUT2D eigenvalue weighted by molar-refractivity contribution is 7.15. The molecule has 20 heavy (non-hydrogen) atoms. The molecule has 1 saturated heterocycles. The first kappa shape index (κ1) is 13.6. The average molecular weight is 310 g/mol. The highest BCUT2D eigenvalue weighted by atomic mass is 35.5. The maximum Gasteiger partial charge on any atom is 0.246 e. The predicted molar refractivity (Wildman–Crippen MR) is 82.1 cm³/mol. The van der Waals surface area contributed by atoms with Crippen molar-refractivity contribution in [2.24, 2.45) is 0 Å². The molecule has 2 aromatic rings. The van der Waals surface area contributed by atoms with E-state index in [0.717, 1.165) is 30.0 Å². The first-order valence-electron chi connectivity index (χ1n) is 6.76. The molecule has 1 atom stereocenters. The number of piperidine rings is 1. The Hall–Kier alpha value is -1.33. The molecule has 1 aliphatic rings. The number of rotatable bonds is 2. The number of aromatic nitrogens is 2. The van der Waals surface area contributed by atoms with Crippen LogP contribution < -0.4 is 0 Å². The topological polar surface area (TPSA) is 37.6 Å². The summed E-state index contributed by atoms with van der Waals surface area (Å²) in [6, 6.07) is 0.322. The van der Waals surface area contributed by atoms with Gasteiger partial charge in [0.15, 0.2) is 10.1 Å². The molecule has 0 N–H and O–H groups in total. The minimum absolute atomic E-state index is 0.0541. The minimum Gasteiger partial charge on any atom is -0.336 e. The van der Waals surface area contributed by atoms with Gasteiger partial charge in [-0.25, -0.2) is 4.98 Å². The summed E-state index contributed by atoms with van der Waals surface area (Å²) in [4.78, 5) is 19.3. The van der Waals surface area contributed by atoms with E-state index < -0.39 is 0 Å².